The van der Waals surface area contributed by atoms with Crippen LogP contribution < -0.4 is 5.11 Å². The monoisotopic (exact) mass is 320 g/mol. The van der Waals surface area contributed by atoms with Crippen molar-refractivity contribution >= 4 is 5.78 Å². The Morgan fingerprint density at radius 2 is 1.58 bits per heavy atom. The van der Waals surface area contributed by atoms with Gasteiger partial charge in [0.1, 0.15) is 11.4 Å². The van der Waals surface area contributed by atoms with E-state index in [1.54, 1.807) is 42.5 Å². The van der Waals surface area contributed by atoms with Gasteiger partial charge in [-0.2, -0.15) is 0 Å². The van der Waals surface area contributed by atoms with Crippen molar-refractivity contribution in [2.24, 2.45) is 0 Å². The molecule has 3 heterocycles. The number of aromatic nitrogens is 3. The number of carbonyl (C=O) groups is 1. The van der Waals surface area contributed by atoms with Gasteiger partial charge in [0, 0.05) is 19.5 Å². The number of ether oxygens (including phenoxy) is 1. The second-order valence-electron chi connectivity index (χ2n) is 4.99. The molecular weight excluding hydrogens is 306 g/mol. The van der Waals surface area contributed by atoms with Crippen molar-refractivity contribution in [1.29, 1.82) is 0 Å². The summed E-state index contributed by atoms with van der Waals surface area (Å²) in [5, 5.41) is 13.1. The highest BCUT2D eigenvalue weighted by Crippen LogP contribution is 2.24. The Bertz CT molecular complexity index is 840. The van der Waals surface area contributed by atoms with Crippen LogP contribution in [0.4, 0.5) is 0 Å². The van der Waals surface area contributed by atoms with Crippen molar-refractivity contribution in [2.75, 3.05) is 7.11 Å². The molecule has 6 nitrogen and oxygen atoms in total. The summed E-state index contributed by atoms with van der Waals surface area (Å²) in [6.45, 7) is 0. The molecule has 0 aliphatic rings. The summed E-state index contributed by atoms with van der Waals surface area (Å²) in [6, 6.07) is 14.6. The third kappa shape index (κ3) is 2.92. The van der Waals surface area contributed by atoms with Crippen LogP contribution in [0.1, 0.15) is 27.6 Å². The van der Waals surface area contributed by atoms with Crippen molar-refractivity contribution in [2.45, 2.75) is 5.79 Å². The maximum absolute atomic E-state index is 13.1. The zero-order valence-electron chi connectivity index (χ0n) is 12.9. The molecule has 0 N–H and O–H groups in total. The van der Waals surface area contributed by atoms with Gasteiger partial charge in [0.05, 0.1) is 17.2 Å². The summed E-state index contributed by atoms with van der Waals surface area (Å²) in [5.41, 5.74) is 0.612. The van der Waals surface area contributed by atoms with E-state index in [-0.39, 0.29) is 28.6 Å². The van der Waals surface area contributed by atoms with Crippen molar-refractivity contribution in [3.05, 3.63) is 89.8 Å². The number of hydrogen-bond acceptors (Lipinski definition) is 6. The van der Waals surface area contributed by atoms with Crippen LogP contribution in [0.5, 0.6) is 0 Å². The number of rotatable bonds is 5. The molecule has 24 heavy (non-hydrogen) atoms. The van der Waals surface area contributed by atoms with Crippen LogP contribution in [0.25, 0.3) is 0 Å². The summed E-state index contributed by atoms with van der Waals surface area (Å²) >= 11 is 0. The Morgan fingerprint density at radius 3 is 2.21 bits per heavy atom. The van der Waals surface area contributed by atoms with Crippen LogP contribution in [0, 0.1) is 0 Å². The molecule has 1 unspecified atom stereocenters. The lowest BCUT2D eigenvalue weighted by molar-refractivity contribution is -0.548. The molecular formula is C18H14N3O3-. The first kappa shape index (κ1) is 15.9. The minimum atomic E-state index is -2.10. The SMILES string of the molecule is COC([O-])(c1ccccn1)c1cccc(C(=O)c2ccccn2)n1. The summed E-state index contributed by atoms with van der Waals surface area (Å²) in [4.78, 5) is 24.7. The van der Waals surface area contributed by atoms with Gasteiger partial charge in [-0.3, -0.25) is 14.8 Å². The molecule has 0 aliphatic carbocycles. The van der Waals surface area contributed by atoms with Gasteiger partial charge in [-0.05, 0) is 36.4 Å². The summed E-state index contributed by atoms with van der Waals surface area (Å²) < 4.78 is 5.14. The van der Waals surface area contributed by atoms with Crippen LogP contribution in [0.15, 0.2) is 67.0 Å². The number of carbonyl (C=O) groups excluding carboxylic acids is 1. The lowest BCUT2D eigenvalue weighted by atomic mass is 10.1. The van der Waals surface area contributed by atoms with Crippen LogP contribution in [0.3, 0.4) is 0 Å². The van der Waals surface area contributed by atoms with Gasteiger partial charge in [-0.15, -0.1) is 0 Å². The lowest BCUT2D eigenvalue weighted by Gasteiger charge is -2.37. The minimum Gasteiger partial charge on any atom is -0.819 e. The van der Waals surface area contributed by atoms with Gasteiger partial charge in [0.2, 0.25) is 5.78 Å². The van der Waals surface area contributed by atoms with Crippen molar-refractivity contribution < 1.29 is 14.6 Å². The highest BCUT2D eigenvalue weighted by atomic mass is 16.6. The quantitative estimate of drug-likeness (QED) is 0.520. The third-order valence-electron chi connectivity index (χ3n) is 3.51. The van der Waals surface area contributed by atoms with Crippen molar-refractivity contribution in [3.8, 4) is 0 Å². The van der Waals surface area contributed by atoms with E-state index in [1.165, 1.54) is 31.6 Å². The van der Waals surface area contributed by atoms with E-state index in [2.05, 4.69) is 15.0 Å². The Hall–Kier alpha value is -2.96. The number of methoxy groups -OCH3 is 1. The maximum atomic E-state index is 13.1. The van der Waals surface area contributed by atoms with Gasteiger partial charge in [0.25, 0.3) is 0 Å². The van der Waals surface area contributed by atoms with E-state index in [1.807, 2.05) is 0 Å². The minimum absolute atomic E-state index is 0.0606. The van der Waals surface area contributed by atoms with Gasteiger partial charge in [-0.25, -0.2) is 4.98 Å². The summed E-state index contributed by atoms with van der Waals surface area (Å²) in [5.74, 6) is -2.46. The second kappa shape index (κ2) is 6.66. The molecule has 0 saturated carbocycles. The normalized spacial score (nSPS) is 13.2. The average Bonchev–Trinajstić information content (AvgIpc) is 2.68. The molecule has 3 aromatic rings. The maximum Gasteiger partial charge on any atom is 0.229 e. The molecule has 0 fully saturated rings. The molecule has 0 radical (unpaired) electrons. The molecule has 0 aromatic carbocycles. The third-order valence-corrected chi connectivity index (χ3v) is 3.51. The zero-order chi connectivity index (χ0) is 17.0. The first-order valence-electron chi connectivity index (χ1n) is 7.25. The molecule has 0 amide bonds. The summed E-state index contributed by atoms with van der Waals surface area (Å²) in [7, 11) is 1.29. The standard InChI is InChI=1S/C18H14N3O3/c1-24-18(23,15-9-3-5-12-20-15)16-10-6-8-14(21-16)17(22)13-7-2-4-11-19-13/h2-12H,1H3/q-1. The van der Waals surface area contributed by atoms with Gasteiger partial charge < -0.3 is 9.84 Å². The van der Waals surface area contributed by atoms with Crippen LogP contribution in [0.2, 0.25) is 0 Å². The van der Waals surface area contributed by atoms with Crippen LogP contribution >= 0.6 is 0 Å². The first-order valence-corrected chi connectivity index (χ1v) is 7.25. The van der Waals surface area contributed by atoms with E-state index < -0.39 is 5.79 Å². The molecule has 0 saturated heterocycles. The molecule has 0 bridgehead atoms. The highest BCUT2D eigenvalue weighted by Gasteiger charge is 2.25. The first-order chi connectivity index (χ1) is 11.6. The molecule has 6 heteroatoms. The van der Waals surface area contributed by atoms with Gasteiger partial charge in [-0.1, -0.05) is 18.2 Å². The predicted octanol–water partition coefficient (Wildman–Crippen LogP) is 1.31. The summed E-state index contributed by atoms with van der Waals surface area (Å²) in [6.07, 6.45) is 3.03. The number of hydrogen-bond donors (Lipinski definition) is 0. The fourth-order valence-electron chi connectivity index (χ4n) is 2.27. The molecule has 0 spiro atoms. The highest BCUT2D eigenvalue weighted by molar-refractivity contribution is 6.06. The topological polar surface area (TPSA) is 88.0 Å². The number of nitrogens with zero attached hydrogens (tertiary/aromatic N) is 3. The van der Waals surface area contributed by atoms with E-state index in [0.717, 1.165) is 0 Å². The molecule has 1 atom stereocenters. The van der Waals surface area contributed by atoms with Gasteiger partial charge in [0.15, 0.2) is 0 Å². The Morgan fingerprint density at radius 1 is 0.917 bits per heavy atom. The van der Waals surface area contributed by atoms with E-state index >= 15 is 0 Å². The molecule has 3 rings (SSSR count). The smallest absolute Gasteiger partial charge is 0.229 e. The number of pyridine rings is 3. The van der Waals surface area contributed by atoms with E-state index in [4.69, 9.17) is 4.74 Å². The molecule has 0 aliphatic heterocycles. The largest absolute Gasteiger partial charge is 0.819 e. The average molecular weight is 320 g/mol. The Kier molecular flexibility index (Phi) is 4.41. The zero-order valence-corrected chi connectivity index (χ0v) is 12.9. The predicted molar refractivity (Wildman–Crippen MR) is 83.9 cm³/mol. The van der Waals surface area contributed by atoms with Crippen molar-refractivity contribution in [3.63, 3.8) is 0 Å². The van der Waals surface area contributed by atoms with Crippen molar-refractivity contribution in [1.82, 2.24) is 15.0 Å². The molecule has 120 valence electrons. The fourth-order valence-corrected chi connectivity index (χ4v) is 2.27. The van der Waals surface area contributed by atoms with E-state index in [0.29, 0.717) is 0 Å². The Labute approximate surface area is 138 Å². The number of ketones is 1. The fraction of sp³-hybridized carbons (Fsp3) is 0.111. The van der Waals surface area contributed by atoms with Gasteiger partial charge >= 0.3 is 0 Å². The Balaban J connectivity index is 2.02. The van der Waals surface area contributed by atoms with Crippen LogP contribution in [-0.2, 0) is 10.5 Å². The van der Waals surface area contributed by atoms with Crippen LogP contribution in [-0.4, -0.2) is 27.8 Å². The van der Waals surface area contributed by atoms with E-state index in [9.17, 15) is 9.90 Å². The molecule has 3 aromatic heterocycles. The lowest BCUT2D eigenvalue weighted by Crippen LogP contribution is -2.45. The second-order valence-corrected chi connectivity index (χ2v) is 4.99.